The van der Waals surface area contributed by atoms with E-state index >= 15 is 0 Å². The van der Waals surface area contributed by atoms with Crippen LogP contribution >= 0.6 is 0 Å². The minimum Gasteiger partial charge on any atom is -0.486 e. The smallest absolute Gasteiger partial charge is 0.254 e. The molecule has 1 fully saturated rings. The summed E-state index contributed by atoms with van der Waals surface area (Å²) in [5.41, 5.74) is 0.622. The molecule has 0 aromatic heterocycles. The third-order valence-corrected chi connectivity index (χ3v) is 3.04. The van der Waals surface area contributed by atoms with Crippen molar-refractivity contribution in [2.24, 2.45) is 0 Å². The third kappa shape index (κ3) is 2.64. The number of hydrogen-bond acceptors (Lipinski definition) is 5. The Bertz CT molecular complexity index is 472. The Morgan fingerprint density at radius 1 is 1.26 bits per heavy atom. The average Bonchev–Trinajstić information content (AvgIpc) is 2.48. The van der Waals surface area contributed by atoms with Crippen LogP contribution in [0.3, 0.4) is 0 Å². The van der Waals surface area contributed by atoms with Crippen molar-refractivity contribution in [3.63, 3.8) is 0 Å². The first-order chi connectivity index (χ1) is 9.34. The first-order valence-electron chi connectivity index (χ1n) is 6.36. The number of carbonyl (C=O) groups is 1. The zero-order valence-corrected chi connectivity index (χ0v) is 10.5. The summed E-state index contributed by atoms with van der Waals surface area (Å²) >= 11 is 0. The molecule has 0 aliphatic carbocycles. The summed E-state index contributed by atoms with van der Waals surface area (Å²) in [6, 6.07) is 5.44. The minimum absolute atomic E-state index is 0.172. The van der Waals surface area contributed by atoms with E-state index in [1.54, 1.807) is 6.07 Å². The lowest BCUT2D eigenvalue weighted by Gasteiger charge is -2.24. The van der Waals surface area contributed by atoms with E-state index < -0.39 is 6.10 Å². The van der Waals surface area contributed by atoms with E-state index in [1.165, 1.54) is 0 Å². The van der Waals surface area contributed by atoms with Crippen LogP contribution in [0.15, 0.2) is 18.2 Å². The molecule has 1 aromatic carbocycles. The van der Waals surface area contributed by atoms with Gasteiger partial charge in [0.1, 0.15) is 19.3 Å². The second-order valence-corrected chi connectivity index (χ2v) is 4.38. The van der Waals surface area contributed by atoms with Crippen molar-refractivity contribution in [2.75, 3.05) is 38.2 Å². The van der Waals surface area contributed by atoms with Crippen LogP contribution in [-0.4, -0.2) is 44.9 Å². The Balaban J connectivity index is 1.74. The molecule has 6 heteroatoms. The molecule has 1 unspecified atom stereocenters. The molecular weight excluding hydrogens is 248 g/mol. The third-order valence-electron chi connectivity index (χ3n) is 3.04. The van der Waals surface area contributed by atoms with E-state index in [9.17, 15) is 4.79 Å². The number of carbonyl (C=O) groups excluding carboxylic acids is 1. The molecule has 1 aromatic rings. The number of hydrogen-bond donors (Lipinski definition) is 2. The van der Waals surface area contributed by atoms with Crippen LogP contribution in [0.1, 0.15) is 0 Å². The summed E-state index contributed by atoms with van der Waals surface area (Å²) in [6.07, 6.45) is -0.464. The topological polar surface area (TPSA) is 68.8 Å². The quantitative estimate of drug-likeness (QED) is 0.808. The van der Waals surface area contributed by atoms with Gasteiger partial charge in [-0.3, -0.25) is 4.79 Å². The lowest BCUT2D eigenvalue weighted by atomic mass is 10.2. The van der Waals surface area contributed by atoms with E-state index in [-0.39, 0.29) is 5.91 Å². The van der Waals surface area contributed by atoms with Crippen LogP contribution in [0, 0.1) is 0 Å². The Hall–Kier alpha value is -1.79. The first kappa shape index (κ1) is 12.3. The van der Waals surface area contributed by atoms with Gasteiger partial charge in [-0.2, -0.15) is 0 Å². The lowest BCUT2D eigenvalue weighted by molar-refractivity contribution is -0.128. The molecule has 0 saturated carbocycles. The van der Waals surface area contributed by atoms with E-state index in [0.29, 0.717) is 43.6 Å². The Morgan fingerprint density at radius 3 is 3.00 bits per heavy atom. The molecule has 1 saturated heterocycles. The highest BCUT2D eigenvalue weighted by Gasteiger charge is 2.24. The fourth-order valence-electron chi connectivity index (χ4n) is 2.12. The summed E-state index contributed by atoms with van der Waals surface area (Å²) in [4.78, 5) is 12.1. The van der Waals surface area contributed by atoms with Gasteiger partial charge in [0, 0.05) is 13.1 Å². The van der Waals surface area contributed by atoms with Gasteiger partial charge in [0.15, 0.2) is 11.5 Å². The van der Waals surface area contributed by atoms with E-state index in [4.69, 9.17) is 14.2 Å². The van der Waals surface area contributed by atoms with Gasteiger partial charge in [0.05, 0.1) is 12.3 Å². The van der Waals surface area contributed by atoms with Gasteiger partial charge in [-0.25, -0.2) is 0 Å². The molecule has 3 rings (SSSR count). The Morgan fingerprint density at radius 2 is 2.16 bits per heavy atom. The second kappa shape index (κ2) is 5.46. The molecule has 2 heterocycles. The molecule has 1 amide bonds. The molecule has 2 aliphatic heterocycles. The summed E-state index contributed by atoms with van der Waals surface area (Å²) in [7, 11) is 0. The van der Waals surface area contributed by atoms with Crippen molar-refractivity contribution >= 4 is 11.6 Å². The number of amides is 1. The highest BCUT2D eigenvalue weighted by atomic mass is 16.6. The molecule has 2 N–H and O–H groups in total. The van der Waals surface area contributed by atoms with Crippen molar-refractivity contribution in [1.29, 1.82) is 0 Å². The van der Waals surface area contributed by atoms with Crippen LogP contribution in [0.4, 0.5) is 5.69 Å². The van der Waals surface area contributed by atoms with Crippen molar-refractivity contribution in [2.45, 2.75) is 6.10 Å². The molecule has 0 radical (unpaired) electrons. The summed E-state index contributed by atoms with van der Waals surface area (Å²) in [6.45, 7) is 2.87. The van der Waals surface area contributed by atoms with E-state index in [0.717, 1.165) is 6.54 Å². The van der Waals surface area contributed by atoms with Crippen molar-refractivity contribution in [3.05, 3.63) is 18.2 Å². The van der Waals surface area contributed by atoms with Crippen molar-refractivity contribution < 1.29 is 19.0 Å². The molecule has 2 aliphatic rings. The number of nitrogens with one attached hydrogen (secondary N) is 2. The van der Waals surface area contributed by atoms with Gasteiger partial charge in [-0.1, -0.05) is 6.07 Å². The van der Waals surface area contributed by atoms with Gasteiger partial charge in [0.25, 0.3) is 5.91 Å². The number of anilines is 1. The maximum Gasteiger partial charge on any atom is 0.254 e. The van der Waals surface area contributed by atoms with Gasteiger partial charge in [-0.15, -0.1) is 0 Å². The number of para-hydroxylation sites is 1. The zero-order valence-electron chi connectivity index (χ0n) is 10.5. The largest absolute Gasteiger partial charge is 0.486 e. The van der Waals surface area contributed by atoms with Gasteiger partial charge >= 0.3 is 0 Å². The first-order valence-corrected chi connectivity index (χ1v) is 6.36. The summed E-state index contributed by atoms with van der Waals surface area (Å²) < 4.78 is 16.4. The molecule has 1 atom stereocenters. The fourth-order valence-corrected chi connectivity index (χ4v) is 2.12. The highest BCUT2D eigenvalue weighted by Crippen LogP contribution is 2.37. The van der Waals surface area contributed by atoms with Crippen LogP contribution in [-0.2, 0) is 9.53 Å². The van der Waals surface area contributed by atoms with Gasteiger partial charge in [0.2, 0.25) is 0 Å². The summed E-state index contributed by atoms with van der Waals surface area (Å²) in [5, 5.41) is 5.95. The second-order valence-electron chi connectivity index (χ2n) is 4.38. The van der Waals surface area contributed by atoms with Gasteiger partial charge in [-0.05, 0) is 12.1 Å². The van der Waals surface area contributed by atoms with Crippen LogP contribution < -0.4 is 20.1 Å². The summed E-state index contributed by atoms with van der Waals surface area (Å²) in [5.74, 6) is 1.08. The standard InChI is InChI=1S/C13H16N2O4/c16-13(11-8-14-4-5-17-11)15-9-2-1-3-10-12(9)19-7-6-18-10/h1-3,11,14H,4-8H2,(H,15,16). The molecule has 0 bridgehead atoms. The Labute approximate surface area is 111 Å². The van der Waals surface area contributed by atoms with Crippen molar-refractivity contribution in [3.8, 4) is 11.5 Å². The Kier molecular flexibility index (Phi) is 3.52. The molecule has 6 nitrogen and oxygen atoms in total. The number of benzene rings is 1. The average molecular weight is 264 g/mol. The monoisotopic (exact) mass is 264 g/mol. The lowest BCUT2D eigenvalue weighted by Crippen LogP contribution is -2.45. The van der Waals surface area contributed by atoms with Crippen LogP contribution in [0.5, 0.6) is 11.5 Å². The minimum atomic E-state index is -0.464. The van der Waals surface area contributed by atoms with E-state index in [2.05, 4.69) is 10.6 Å². The number of morpholine rings is 1. The molecule has 19 heavy (non-hydrogen) atoms. The number of rotatable bonds is 2. The zero-order chi connectivity index (χ0) is 13.1. The SMILES string of the molecule is O=C(Nc1cccc2c1OCCO2)C1CNCCO1. The highest BCUT2D eigenvalue weighted by molar-refractivity contribution is 5.96. The molecule has 0 spiro atoms. The van der Waals surface area contributed by atoms with E-state index in [1.807, 2.05) is 12.1 Å². The van der Waals surface area contributed by atoms with Gasteiger partial charge < -0.3 is 24.8 Å². The number of fused-ring (bicyclic) bond motifs is 1. The normalized spacial score (nSPS) is 21.8. The van der Waals surface area contributed by atoms with Crippen LogP contribution in [0.25, 0.3) is 0 Å². The van der Waals surface area contributed by atoms with Crippen LogP contribution in [0.2, 0.25) is 0 Å². The van der Waals surface area contributed by atoms with Crippen molar-refractivity contribution in [1.82, 2.24) is 5.32 Å². The predicted octanol–water partition coefficient (Wildman–Crippen LogP) is 0.385. The number of ether oxygens (including phenoxy) is 3. The maximum atomic E-state index is 12.1. The maximum absolute atomic E-state index is 12.1. The predicted molar refractivity (Wildman–Crippen MR) is 68.7 cm³/mol. The fraction of sp³-hybridized carbons (Fsp3) is 0.462. The molecular formula is C13H16N2O4. The molecule has 102 valence electrons.